The van der Waals surface area contributed by atoms with Crippen molar-refractivity contribution < 1.29 is 9.53 Å². The molecule has 0 aliphatic carbocycles. The molecule has 2 heterocycles. The normalized spacial score (nSPS) is 25.3. The molecule has 4 heteroatoms. The number of carbonyl (C=O) groups is 1. The number of hydrogen-bond donors (Lipinski definition) is 1. The van der Waals surface area contributed by atoms with Crippen LogP contribution in [-0.4, -0.2) is 43.3 Å². The number of nitrogens with one attached hydrogen (secondary N) is 1. The summed E-state index contributed by atoms with van der Waals surface area (Å²) in [7, 11) is 1.45. The van der Waals surface area contributed by atoms with Crippen LogP contribution in [0.5, 0.6) is 0 Å². The van der Waals surface area contributed by atoms with Gasteiger partial charge in [-0.05, 0) is 32.2 Å². The number of piperidine rings is 2. The molecule has 0 unspecified atom stereocenters. The highest BCUT2D eigenvalue weighted by molar-refractivity contribution is 5.67. The van der Waals surface area contributed by atoms with Crippen molar-refractivity contribution in [3.8, 4) is 0 Å². The molecule has 1 N–H and O–H groups in total. The third kappa shape index (κ3) is 2.25. The first kappa shape index (κ1) is 10.7. The monoisotopic (exact) mass is 212 g/mol. The van der Waals surface area contributed by atoms with Crippen LogP contribution in [0.15, 0.2) is 0 Å². The van der Waals surface area contributed by atoms with Gasteiger partial charge in [0.05, 0.1) is 7.11 Å². The van der Waals surface area contributed by atoms with Gasteiger partial charge in [-0.25, -0.2) is 4.79 Å². The van der Waals surface area contributed by atoms with E-state index in [9.17, 15) is 4.79 Å². The van der Waals surface area contributed by atoms with Crippen LogP contribution in [0.4, 0.5) is 4.79 Å². The maximum atomic E-state index is 11.3. The van der Waals surface area contributed by atoms with Crippen LogP contribution in [0, 0.1) is 0 Å². The molecule has 86 valence electrons. The number of methoxy groups -OCH3 is 1. The van der Waals surface area contributed by atoms with E-state index < -0.39 is 0 Å². The van der Waals surface area contributed by atoms with Crippen LogP contribution in [0.25, 0.3) is 0 Å². The van der Waals surface area contributed by atoms with Gasteiger partial charge >= 0.3 is 6.09 Å². The van der Waals surface area contributed by atoms with E-state index in [0.717, 1.165) is 32.5 Å². The summed E-state index contributed by atoms with van der Waals surface area (Å²) < 4.78 is 4.73. The van der Waals surface area contributed by atoms with E-state index >= 15 is 0 Å². The van der Waals surface area contributed by atoms with Gasteiger partial charge in [-0.2, -0.15) is 0 Å². The Balaban J connectivity index is 1.88. The third-order valence-corrected chi connectivity index (χ3v) is 3.74. The number of hydrogen-bond acceptors (Lipinski definition) is 3. The summed E-state index contributed by atoms with van der Waals surface area (Å²) in [6, 6.07) is 0. The van der Waals surface area contributed by atoms with Gasteiger partial charge in [-0.15, -0.1) is 0 Å². The van der Waals surface area contributed by atoms with E-state index in [4.69, 9.17) is 4.74 Å². The molecule has 0 bridgehead atoms. The summed E-state index contributed by atoms with van der Waals surface area (Å²) in [4.78, 5) is 13.1. The lowest BCUT2D eigenvalue weighted by molar-refractivity contribution is 0.0834. The fourth-order valence-corrected chi connectivity index (χ4v) is 2.70. The summed E-state index contributed by atoms with van der Waals surface area (Å²) in [5.41, 5.74) is 0.322. The summed E-state index contributed by atoms with van der Waals surface area (Å²) in [6.07, 6.45) is 5.85. The second kappa shape index (κ2) is 4.39. The molecule has 0 aromatic carbocycles. The second-order valence-electron chi connectivity index (χ2n) is 4.62. The first-order chi connectivity index (χ1) is 7.26. The lowest BCUT2D eigenvalue weighted by atomic mass is 9.80. The Labute approximate surface area is 91.0 Å². The Hall–Kier alpha value is -0.770. The minimum atomic E-state index is -0.180. The molecule has 0 radical (unpaired) electrons. The van der Waals surface area contributed by atoms with Gasteiger partial charge in [0.15, 0.2) is 0 Å². The number of likely N-dealkylation sites (tertiary alicyclic amines) is 1. The van der Waals surface area contributed by atoms with E-state index in [0.29, 0.717) is 5.54 Å². The lowest BCUT2D eigenvalue weighted by Crippen LogP contribution is -2.56. The molecule has 2 aliphatic rings. The first-order valence-electron chi connectivity index (χ1n) is 5.84. The number of amides is 1. The zero-order valence-corrected chi connectivity index (χ0v) is 9.42. The highest BCUT2D eigenvalue weighted by Crippen LogP contribution is 2.30. The zero-order valence-electron chi connectivity index (χ0n) is 9.42. The first-order valence-corrected chi connectivity index (χ1v) is 5.84. The van der Waals surface area contributed by atoms with Crippen LogP contribution in [0.2, 0.25) is 0 Å². The number of nitrogens with zero attached hydrogens (tertiary/aromatic N) is 1. The largest absolute Gasteiger partial charge is 0.453 e. The fraction of sp³-hybridized carbons (Fsp3) is 0.909. The minimum Gasteiger partial charge on any atom is -0.453 e. The number of ether oxygens (including phenoxy) is 1. The summed E-state index contributed by atoms with van der Waals surface area (Å²) in [5, 5.41) is 3.63. The molecule has 2 fully saturated rings. The van der Waals surface area contributed by atoms with Gasteiger partial charge in [0, 0.05) is 18.6 Å². The Kier molecular flexibility index (Phi) is 3.14. The summed E-state index contributed by atoms with van der Waals surface area (Å²) >= 11 is 0. The van der Waals surface area contributed by atoms with E-state index in [1.54, 1.807) is 0 Å². The predicted octanol–water partition coefficient (Wildman–Crippen LogP) is 1.36. The van der Waals surface area contributed by atoms with Gasteiger partial charge < -0.3 is 15.0 Å². The molecule has 1 amide bonds. The van der Waals surface area contributed by atoms with E-state index in [2.05, 4.69) is 5.32 Å². The van der Waals surface area contributed by atoms with Crippen molar-refractivity contribution in [1.82, 2.24) is 10.2 Å². The molecule has 0 aromatic rings. The SMILES string of the molecule is COC(=O)N1CCC2(CCCCN2)CC1. The molecule has 2 saturated heterocycles. The van der Waals surface area contributed by atoms with Gasteiger partial charge in [0.25, 0.3) is 0 Å². The van der Waals surface area contributed by atoms with Crippen molar-refractivity contribution in [2.24, 2.45) is 0 Å². The minimum absolute atomic E-state index is 0.180. The van der Waals surface area contributed by atoms with Crippen LogP contribution < -0.4 is 5.32 Å². The second-order valence-corrected chi connectivity index (χ2v) is 4.62. The quantitative estimate of drug-likeness (QED) is 0.659. The van der Waals surface area contributed by atoms with Crippen LogP contribution >= 0.6 is 0 Å². The smallest absolute Gasteiger partial charge is 0.409 e. The van der Waals surface area contributed by atoms with Crippen LogP contribution in [0.1, 0.15) is 32.1 Å². The molecule has 0 atom stereocenters. The standard InChI is InChI=1S/C11H20N2O2/c1-15-10(14)13-8-5-11(6-9-13)4-2-3-7-12-11/h12H,2-9H2,1H3. The van der Waals surface area contributed by atoms with E-state index in [1.807, 2.05) is 4.90 Å². The van der Waals surface area contributed by atoms with Crippen molar-refractivity contribution >= 4 is 6.09 Å². The average molecular weight is 212 g/mol. The lowest BCUT2D eigenvalue weighted by Gasteiger charge is -2.44. The van der Waals surface area contributed by atoms with Gasteiger partial charge in [0.1, 0.15) is 0 Å². The highest BCUT2D eigenvalue weighted by Gasteiger charge is 2.36. The molecule has 15 heavy (non-hydrogen) atoms. The molecular formula is C11H20N2O2. The van der Waals surface area contributed by atoms with E-state index in [-0.39, 0.29) is 6.09 Å². The molecular weight excluding hydrogens is 192 g/mol. The Bertz CT molecular complexity index is 227. The molecule has 1 spiro atoms. The summed E-state index contributed by atoms with van der Waals surface area (Å²) in [5.74, 6) is 0. The van der Waals surface area contributed by atoms with Gasteiger partial charge in [-0.3, -0.25) is 0 Å². The number of carbonyl (C=O) groups excluding carboxylic acids is 1. The van der Waals surface area contributed by atoms with Crippen molar-refractivity contribution in [3.05, 3.63) is 0 Å². The van der Waals surface area contributed by atoms with Crippen LogP contribution in [-0.2, 0) is 4.74 Å². The molecule has 2 rings (SSSR count). The van der Waals surface area contributed by atoms with Crippen molar-refractivity contribution in [1.29, 1.82) is 0 Å². The highest BCUT2D eigenvalue weighted by atomic mass is 16.5. The van der Waals surface area contributed by atoms with Crippen molar-refractivity contribution in [3.63, 3.8) is 0 Å². The van der Waals surface area contributed by atoms with Crippen molar-refractivity contribution in [2.75, 3.05) is 26.7 Å². The van der Waals surface area contributed by atoms with Crippen molar-refractivity contribution in [2.45, 2.75) is 37.6 Å². The Morgan fingerprint density at radius 2 is 2.00 bits per heavy atom. The maximum Gasteiger partial charge on any atom is 0.409 e. The Morgan fingerprint density at radius 3 is 2.53 bits per heavy atom. The predicted molar refractivity (Wildman–Crippen MR) is 57.8 cm³/mol. The molecule has 2 aliphatic heterocycles. The topological polar surface area (TPSA) is 41.6 Å². The number of rotatable bonds is 0. The average Bonchev–Trinajstić information content (AvgIpc) is 2.30. The molecule has 0 aromatic heterocycles. The molecule has 4 nitrogen and oxygen atoms in total. The van der Waals surface area contributed by atoms with Crippen LogP contribution in [0.3, 0.4) is 0 Å². The maximum absolute atomic E-state index is 11.3. The summed E-state index contributed by atoms with van der Waals surface area (Å²) in [6.45, 7) is 2.80. The zero-order chi connectivity index (χ0) is 10.7. The van der Waals surface area contributed by atoms with Gasteiger partial charge in [-0.1, -0.05) is 6.42 Å². The molecule has 0 saturated carbocycles. The van der Waals surface area contributed by atoms with E-state index in [1.165, 1.54) is 26.4 Å². The Morgan fingerprint density at radius 1 is 1.27 bits per heavy atom. The third-order valence-electron chi connectivity index (χ3n) is 3.74. The fourth-order valence-electron chi connectivity index (χ4n) is 2.70. The van der Waals surface area contributed by atoms with Gasteiger partial charge in [0.2, 0.25) is 0 Å².